The van der Waals surface area contributed by atoms with Crippen LogP contribution in [0, 0.1) is 55.1 Å². The minimum atomic E-state index is -1.82. The molecule has 46 N–H and O–H groups in total. The van der Waals surface area contributed by atoms with Gasteiger partial charge in [0.1, 0.15) is 90.6 Å². The largest absolute Gasteiger partial charge is 0.480 e. The molecule has 5 rings (SSSR count). The zero-order valence-corrected chi connectivity index (χ0v) is 83.9. The maximum absolute atomic E-state index is 15.3. The normalized spacial score (nSPS) is 18.8. The van der Waals surface area contributed by atoms with Crippen molar-refractivity contribution >= 4 is 142 Å². The first-order chi connectivity index (χ1) is 69.2. The highest BCUT2D eigenvalue weighted by atomic mass is 16.4. The summed E-state index contributed by atoms with van der Waals surface area (Å²) in [4.78, 5) is 239. The number of guanidine groups is 8. The summed E-state index contributed by atoms with van der Waals surface area (Å²) >= 11 is 0. The van der Waals surface area contributed by atoms with Gasteiger partial charge in [0.25, 0.3) is 0 Å². The summed E-state index contributed by atoms with van der Waals surface area (Å²) in [6.07, 6.45) is 2.72. The number of hydrogen-bond acceptors (Lipinski definition) is 26. The maximum atomic E-state index is 15.3. The molecular weight excluding hydrogens is 1910 g/mol. The highest BCUT2D eigenvalue weighted by Gasteiger charge is 2.49. The molecule has 0 aromatic rings. The number of nitrogens with two attached hydrogens (primary N) is 9. The maximum Gasteiger partial charge on any atom is 0.326 e. The van der Waals surface area contributed by atoms with E-state index in [0.29, 0.717) is 25.7 Å². The molecule has 5 heterocycles. The zero-order chi connectivity index (χ0) is 109. The Labute approximate surface area is 848 Å². The molecule has 5 aliphatic rings. The summed E-state index contributed by atoms with van der Waals surface area (Å²) in [5, 5.41) is 130. The van der Waals surface area contributed by atoms with Crippen LogP contribution in [0.15, 0.2) is 0 Å². The van der Waals surface area contributed by atoms with Crippen LogP contribution in [-0.4, -0.2) is 365 Å². The predicted octanol–water partition coefficient (Wildman–Crippen LogP) is -10.6. The van der Waals surface area contributed by atoms with Crippen LogP contribution in [0.4, 0.5) is 0 Å². The molecule has 0 bridgehead atoms. The Morgan fingerprint density at radius 2 is 0.541 bits per heavy atom. The fourth-order valence-corrected chi connectivity index (χ4v) is 18.0. The molecule has 0 saturated carbocycles. The predicted molar refractivity (Wildman–Crippen MR) is 538 cm³/mol. The third-order valence-corrected chi connectivity index (χ3v) is 25.7. The van der Waals surface area contributed by atoms with Crippen molar-refractivity contribution in [3.8, 4) is 0 Å². The van der Waals surface area contributed by atoms with Crippen molar-refractivity contribution in [2.24, 2.45) is 63.4 Å². The van der Waals surface area contributed by atoms with E-state index < -0.39 is 222 Å². The third-order valence-electron chi connectivity index (χ3n) is 25.7. The Kier molecular flexibility index (Phi) is 52.7. The number of rotatable bonds is 63. The van der Waals surface area contributed by atoms with Gasteiger partial charge >= 0.3 is 5.97 Å². The molecule has 58 heteroatoms. The Balaban J connectivity index is 1.36. The van der Waals surface area contributed by atoms with Crippen LogP contribution >= 0.6 is 0 Å². The molecule has 58 nitrogen and oxygen atoms in total. The van der Waals surface area contributed by atoms with Gasteiger partial charge in [-0.05, 0) is 185 Å². The van der Waals surface area contributed by atoms with Crippen molar-refractivity contribution in [1.29, 1.82) is 43.3 Å². The van der Waals surface area contributed by atoms with Crippen LogP contribution in [0.3, 0.4) is 0 Å². The van der Waals surface area contributed by atoms with Crippen LogP contribution < -0.4 is 147 Å². The summed E-state index contributed by atoms with van der Waals surface area (Å²) in [7, 11) is 0. The summed E-state index contributed by atoms with van der Waals surface area (Å²) in [5.41, 5.74) is 50.4. The lowest BCUT2D eigenvalue weighted by molar-refractivity contribution is -0.148. The summed E-state index contributed by atoms with van der Waals surface area (Å²) < 4.78 is 0. The molecule has 15 amide bonds. The van der Waals surface area contributed by atoms with Gasteiger partial charge in [-0.25, -0.2) is 4.79 Å². The standard InChI is InChI=1S/C88H160N40O18/c1-5-48(4)64(123-68(133)52(22-9-35-109-84(96)97)114-65(130)49(89)19-6-32-106-81(90)91)74(139)119-55(25-12-38-112-87(102)103)76(141)124-40-14-28-60(124)72(137)118-54(24-11-37-111-86(100)101)77(142)128-44-18-31-63(128)79(144)127-43-17-30-62(127)71(136)115-50(20-7-33-107-82(92)93)66(131)121-57(45-47(2)3)78(143)126-42-16-27-59(126)70(135)116-51(21-8-34-108-83(94)95)67(132)122-58(46-129)69(134)117-53(23-10-36-110-85(98)99)75(140)125-41-15-29-61(125)73(138)120-56(80(145)146)26-13-39-113-88(104)105/h47-64,129H,5-46,89H2,1-4H3,(H,114,130)(H,115,136)(H,116,135)(H,117,134)(H,118,137)(H,119,139)(H,120,138)(H,121,131)(H,122,132)(H,123,133)(H,145,146)(H4,90,91,106)(H4,92,93,107)(H4,94,95,108)(H4,96,97,109)(H4,98,99,110)(H4,100,101,111)(H4,102,103,112)(H4,104,105,113)/t48-,49-,50-,51-,52-,53-,54-,55-,56-,57-,58-,59-,60-,61-,62-,63-,64-/m0/s1. The number of likely N-dealkylation sites (tertiary alicyclic amines) is 5. The van der Waals surface area contributed by atoms with Gasteiger partial charge in [-0.15, -0.1) is 0 Å². The average Bonchev–Trinajstić information content (AvgIpc) is 1.65. The van der Waals surface area contributed by atoms with Gasteiger partial charge < -0.3 is 182 Å². The van der Waals surface area contributed by atoms with Crippen molar-refractivity contribution in [2.75, 3.05) is 91.7 Å². The molecule has 0 radical (unpaired) electrons. The lowest BCUT2D eigenvalue weighted by Gasteiger charge is -2.34. The first-order valence-electron chi connectivity index (χ1n) is 50.0. The molecule has 820 valence electrons. The molecule has 0 unspecified atom stereocenters. The van der Waals surface area contributed by atoms with Crippen molar-refractivity contribution in [1.82, 2.24) is 120 Å². The van der Waals surface area contributed by atoms with Crippen molar-refractivity contribution in [3.05, 3.63) is 0 Å². The van der Waals surface area contributed by atoms with E-state index in [2.05, 4.69) is 95.7 Å². The molecular formula is C88H160N40O18. The van der Waals surface area contributed by atoms with E-state index in [4.69, 9.17) is 94.9 Å². The number of hydrogen-bond donors (Lipinski definition) is 37. The summed E-state index contributed by atoms with van der Waals surface area (Å²) in [6, 6.07) is -21.7. The van der Waals surface area contributed by atoms with Gasteiger partial charge in [-0.3, -0.25) is 115 Å². The highest BCUT2D eigenvalue weighted by Crippen LogP contribution is 2.30. The van der Waals surface area contributed by atoms with E-state index in [1.54, 1.807) is 27.7 Å². The number of aliphatic hydroxyl groups excluding tert-OH is 1. The minimum absolute atomic E-state index is 0.00228. The number of nitrogens with zero attached hydrogens (tertiary/aromatic N) is 5. The fourth-order valence-electron chi connectivity index (χ4n) is 18.0. The molecule has 5 fully saturated rings. The number of aliphatic hydroxyl groups is 1. The number of carbonyl (C=O) groups is 16. The van der Waals surface area contributed by atoms with Gasteiger partial charge in [0.2, 0.25) is 88.6 Å². The molecule has 0 aromatic carbocycles. The lowest BCUT2D eigenvalue weighted by Crippen LogP contribution is -2.61. The monoisotopic (exact) mass is 2070 g/mol. The SMILES string of the molecule is CC[C@H](C)[C@H](NC(=O)[C@H](CCCNC(=N)N)NC(=O)[C@@H](N)CCCNC(=N)N)C(=O)N[C@@H](CCCNC(=N)N)C(=O)N1CCC[C@H]1C(=O)N[C@@H](CCCNC(=N)N)C(=O)N1CCC[C@H]1C(=O)N1CCC[C@H]1C(=O)N[C@@H](CCCNC(=N)N)C(=O)N[C@@H](CC(C)C)C(=O)N1CCC[C@H]1C(=O)N[C@@H](CCCNC(=N)N)C(=O)N[C@@H](CO)C(=O)N[C@@H](CCCNC(=N)N)C(=O)N1CCC[C@H]1C(=O)N[C@@H](CCCNC(=N)N)C(=O)O. The number of amides is 15. The van der Waals surface area contributed by atoms with Gasteiger partial charge in [0.15, 0.2) is 47.7 Å². The quantitative estimate of drug-likeness (QED) is 0.0153. The Morgan fingerprint density at radius 3 is 0.870 bits per heavy atom. The molecule has 5 saturated heterocycles. The molecule has 5 aliphatic heterocycles. The second-order valence-electron chi connectivity index (χ2n) is 37.5. The van der Waals surface area contributed by atoms with Crippen LogP contribution in [0.25, 0.3) is 0 Å². The summed E-state index contributed by atoms with van der Waals surface area (Å²) in [6.45, 7) is 6.61. The van der Waals surface area contributed by atoms with Crippen LogP contribution in [0.1, 0.15) is 207 Å². The number of nitrogens with one attached hydrogen (secondary N) is 26. The van der Waals surface area contributed by atoms with E-state index in [9.17, 15) is 53.4 Å². The number of carboxylic acid groups (broad SMARTS) is 1. The van der Waals surface area contributed by atoms with Gasteiger partial charge in [-0.1, -0.05) is 34.1 Å². The first-order valence-corrected chi connectivity index (χ1v) is 50.0. The van der Waals surface area contributed by atoms with Gasteiger partial charge in [-0.2, -0.15) is 0 Å². The van der Waals surface area contributed by atoms with E-state index in [1.165, 1.54) is 24.5 Å². The van der Waals surface area contributed by atoms with E-state index in [1.807, 2.05) is 0 Å². The number of carboxylic acids is 1. The minimum Gasteiger partial charge on any atom is -0.480 e. The molecule has 146 heavy (non-hydrogen) atoms. The van der Waals surface area contributed by atoms with E-state index in [0.717, 1.165) is 0 Å². The zero-order valence-electron chi connectivity index (χ0n) is 83.9. The Hall–Kier alpha value is -14.4. The third kappa shape index (κ3) is 41.4. The smallest absolute Gasteiger partial charge is 0.326 e. The second kappa shape index (κ2) is 63.0. The van der Waals surface area contributed by atoms with E-state index in [-0.39, 0.29) is 275 Å². The molecule has 0 aliphatic carbocycles. The van der Waals surface area contributed by atoms with Crippen LogP contribution in [0.5, 0.6) is 0 Å². The second-order valence-corrected chi connectivity index (χ2v) is 37.5. The number of carbonyl (C=O) groups excluding carboxylic acids is 15. The van der Waals surface area contributed by atoms with Gasteiger partial charge in [0, 0.05) is 85.1 Å². The van der Waals surface area contributed by atoms with Crippen LogP contribution in [0.2, 0.25) is 0 Å². The van der Waals surface area contributed by atoms with Crippen molar-refractivity contribution in [3.63, 3.8) is 0 Å². The van der Waals surface area contributed by atoms with Crippen molar-refractivity contribution < 1.29 is 86.9 Å². The van der Waals surface area contributed by atoms with Crippen LogP contribution in [-0.2, 0) is 76.7 Å². The van der Waals surface area contributed by atoms with Crippen molar-refractivity contribution in [2.45, 2.75) is 304 Å². The van der Waals surface area contributed by atoms with E-state index >= 15 is 33.6 Å². The number of aliphatic carboxylic acids is 1. The molecule has 0 aromatic heterocycles. The van der Waals surface area contributed by atoms with Gasteiger partial charge in [0.05, 0.1) is 12.6 Å². The molecule has 17 atom stereocenters. The first kappa shape index (κ1) is 122. The Morgan fingerprint density at radius 1 is 0.301 bits per heavy atom. The summed E-state index contributed by atoms with van der Waals surface area (Å²) in [5.74, 6) is -17.3. The fraction of sp³-hybridized carbons (Fsp3) is 0.727. The Bertz CT molecular complexity index is 4510. The average molecular weight is 2070 g/mol. The topological polar surface area (TPSA) is 971 Å². The molecule has 0 spiro atoms. The lowest BCUT2D eigenvalue weighted by atomic mass is 9.96. The highest BCUT2D eigenvalue weighted by molar-refractivity contribution is 6.02.